The highest BCUT2D eigenvalue weighted by Crippen LogP contribution is 2.13. The van der Waals surface area contributed by atoms with Gasteiger partial charge in [-0.2, -0.15) is 5.10 Å². The number of rotatable bonds is 2. The van der Waals surface area contributed by atoms with E-state index in [0.29, 0.717) is 0 Å². The van der Waals surface area contributed by atoms with Crippen molar-refractivity contribution >= 4 is 0 Å². The Morgan fingerprint density at radius 3 is 2.53 bits per heavy atom. The minimum absolute atomic E-state index is 0.119. The van der Waals surface area contributed by atoms with Crippen LogP contribution in [0.4, 0.5) is 0 Å². The lowest BCUT2D eigenvalue weighted by molar-refractivity contribution is 0.690. The standard InChI is InChI=1S/C11H14N4/c1-8(12)11-13-9(2)14-15(11)10-6-4-3-5-7-10/h3-8H,12H2,1-2H3. The van der Waals surface area contributed by atoms with Crippen LogP contribution in [-0.2, 0) is 0 Å². The zero-order chi connectivity index (χ0) is 10.8. The van der Waals surface area contributed by atoms with Crippen molar-refractivity contribution in [3.8, 4) is 5.69 Å². The molecule has 1 unspecified atom stereocenters. The molecule has 0 spiro atoms. The lowest BCUT2D eigenvalue weighted by Crippen LogP contribution is -2.13. The number of para-hydroxylation sites is 1. The molecular formula is C11H14N4. The van der Waals surface area contributed by atoms with Crippen molar-refractivity contribution in [1.82, 2.24) is 14.8 Å². The number of benzene rings is 1. The van der Waals surface area contributed by atoms with Crippen LogP contribution in [0.5, 0.6) is 0 Å². The van der Waals surface area contributed by atoms with Crippen molar-refractivity contribution in [1.29, 1.82) is 0 Å². The van der Waals surface area contributed by atoms with Gasteiger partial charge in [0.05, 0.1) is 11.7 Å². The molecule has 1 atom stereocenters. The summed E-state index contributed by atoms with van der Waals surface area (Å²) in [4.78, 5) is 4.31. The molecule has 0 fully saturated rings. The first-order valence-corrected chi connectivity index (χ1v) is 4.93. The summed E-state index contributed by atoms with van der Waals surface area (Å²) in [6.07, 6.45) is 0. The lowest BCUT2D eigenvalue weighted by Gasteiger charge is -2.07. The molecule has 0 amide bonds. The molecule has 1 aromatic heterocycles. The normalized spacial score (nSPS) is 12.7. The maximum absolute atomic E-state index is 5.84. The van der Waals surface area contributed by atoms with Gasteiger partial charge in [0, 0.05) is 0 Å². The Bertz CT molecular complexity index is 445. The van der Waals surface area contributed by atoms with Crippen LogP contribution in [0.3, 0.4) is 0 Å². The van der Waals surface area contributed by atoms with E-state index in [1.165, 1.54) is 0 Å². The van der Waals surface area contributed by atoms with Gasteiger partial charge in [-0.3, -0.25) is 0 Å². The fourth-order valence-corrected chi connectivity index (χ4v) is 1.49. The van der Waals surface area contributed by atoms with E-state index in [4.69, 9.17) is 5.73 Å². The molecule has 0 bridgehead atoms. The molecular weight excluding hydrogens is 188 g/mol. The molecule has 0 aliphatic carbocycles. The molecule has 4 nitrogen and oxygen atoms in total. The second-order valence-corrected chi connectivity index (χ2v) is 3.55. The number of hydrogen-bond acceptors (Lipinski definition) is 3. The van der Waals surface area contributed by atoms with Crippen molar-refractivity contribution < 1.29 is 0 Å². The highest BCUT2D eigenvalue weighted by molar-refractivity contribution is 5.31. The van der Waals surface area contributed by atoms with Crippen molar-refractivity contribution in [2.24, 2.45) is 5.73 Å². The third-order valence-electron chi connectivity index (χ3n) is 2.15. The molecule has 1 aromatic carbocycles. The summed E-state index contributed by atoms with van der Waals surface area (Å²) in [7, 11) is 0. The molecule has 2 N–H and O–H groups in total. The molecule has 2 rings (SSSR count). The molecule has 15 heavy (non-hydrogen) atoms. The van der Waals surface area contributed by atoms with Gasteiger partial charge >= 0.3 is 0 Å². The van der Waals surface area contributed by atoms with Crippen LogP contribution >= 0.6 is 0 Å². The van der Waals surface area contributed by atoms with Crippen LogP contribution in [0.2, 0.25) is 0 Å². The first-order valence-electron chi connectivity index (χ1n) is 4.93. The van der Waals surface area contributed by atoms with E-state index in [-0.39, 0.29) is 6.04 Å². The maximum Gasteiger partial charge on any atom is 0.149 e. The van der Waals surface area contributed by atoms with Gasteiger partial charge in [0.25, 0.3) is 0 Å². The molecule has 4 heteroatoms. The third-order valence-corrected chi connectivity index (χ3v) is 2.15. The first kappa shape index (κ1) is 9.86. The highest BCUT2D eigenvalue weighted by atomic mass is 15.4. The molecule has 0 saturated carbocycles. The predicted molar refractivity (Wildman–Crippen MR) is 58.7 cm³/mol. The number of aryl methyl sites for hydroxylation is 1. The Morgan fingerprint density at radius 2 is 1.93 bits per heavy atom. The second-order valence-electron chi connectivity index (χ2n) is 3.55. The zero-order valence-corrected chi connectivity index (χ0v) is 8.88. The summed E-state index contributed by atoms with van der Waals surface area (Å²) < 4.78 is 1.79. The summed E-state index contributed by atoms with van der Waals surface area (Å²) in [5.74, 6) is 1.53. The highest BCUT2D eigenvalue weighted by Gasteiger charge is 2.12. The van der Waals surface area contributed by atoms with Crippen LogP contribution in [-0.4, -0.2) is 14.8 Å². The summed E-state index contributed by atoms with van der Waals surface area (Å²) in [5.41, 5.74) is 6.83. The summed E-state index contributed by atoms with van der Waals surface area (Å²) in [6.45, 7) is 3.77. The fourth-order valence-electron chi connectivity index (χ4n) is 1.49. The second kappa shape index (κ2) is 3.82. The largest absolute Gasteiger partial charge is 0.322 e. The third kappa shape index (κ3) is 1.89. The lowest BCUT2D eigenvalue weighted by atomic mass is 10.3. The Balaban J connectivity index is 2.53. The minimum atomic E-state index is -0.119. The van der Waals surface area contributed by atoms with Crippen LogP contribution in [0, 0.1) is 6.92 Å². The summed E-state index contributed by atoms with van der Waals surface area (Å²) in [6, 6.07) is 9.76. The van der Waals surface area contributed by atoms with E-state index in [2.05, 4.69) is 10.1 Å². The maximum atomic E-state index is 5.84. The van der Waals surface area contributed by atoms with E-state index in [1.54, 1.807) is 4.68 Å². The summed E-state index contributed by atoms with van der Waals surface area (Å²) >= 11 is 0. The summed E-state index contributed by atoms with van der Waals surface area (Å²) in [5, 5.41) is 4.33. The van der Waals surface area contributed by atoms with E-state index in [1.807, 2.05) is 44.2 Å². The minimum Gasteiger partial charge on any atom is -0.322 e. The van der Waals surface area contributed by atoms with Gasteiger partial charge in [-0.15, -0.1) is 0 Å². The van der Waals surface area contributed by atoms with E-state index in [0.717, 1.165) is 17.3 Å². The van der Waals surface area contributed by atoms with Crippen molar-refractivity contribution in [2.45, 2.75) is 19.9 Å². The number of aromatic nitrogens is 3. The first-order chi connectivity index (χ1) is 7.18. The van der Waals surface area contributed by atoms with E-state index >= 15 is 0 Å². The monoisotopic (exact) mass is 202 g/mol. The number of nitrogens with two attached hydrogens (primary N) is 1. The quantitative estimate of drug-likeness (QED) is 0.804. The van der Waals surface area contributed by atoms with Crippen LogP contribution in [0.25, 0.3) is 5.69 Å². The van der Waals surface area contributed by atoms with E-state index < -0.39 is 0 Å². The van der Waals surface area contributed by atoms with Crippen molar-refractivity contribution in [3.63, 3.8) is 0 Å². The average molecular weight is 202 g/mol. The topological polar surface area (TPSA) is 56.7 Å². The van der Waals surface area contributed by atoms with Gasteiger partial charge in [-0.05, 0) is 26.0 Å². The molecule has 78 valence electrons. The van der Waals surface area contributed by atoms with Crippen LogP contribution < -0.4 is 5.73 Å². The van der Waals surface area contributed by atoms with Crippen LogP contribution in [0.15, 0.2) is 30.3 Å². The Hall–Kier alpha value is -1.68. The molecule has 0 radical (unpaired) electrons. The number of nitrogens with zero attached hydrogens (tertiary/aromatic N) is 3. The zero-order valence-electron chi connectivity index (χ0n) is 8.88. The number of hydrogen-bond donors (Lipinski definition) is 1. The Kier molecular flexibility index (Phi) is 2.51. The Morgan fingerprint density at radius 1 is 1.27 bits per heavy atom. The van der Waals surface area contributed by atoms with Gasteiger partial charge in [-0.25, -0.2) is 9.67 Å². The van der Waals surface area contributed by atoms with Crippen molar-refractivity contribution in [3.05, 3.63) is 42.0 Å². The van der Waals surface area contributed by atoms with Gasteiger partial charge in [0.2, 0.25) is 0 Å². The molecule has 0 aliphatic heterocycles. The van der Waals surface area contributed by atoms with Crippen molar-refractivity contribution in [2.75, 3.05) is 0 Å². The fraction of sp³-hybridized carbons (Fsp3) is 0.273. The smallest absolute Gasteiger partial charge is 0.149 e. The van der Waals surface area contributed by atoms with Gasteiger partial charge < -0.3 is 5.73 Å². The van der Waals surface area contributed by atoms with E-state index in [9.17, 15) is 0 Å². The average Bonchev–Trinajstić information content (AvgIpc) is 2.62. The molecule has 1 heterocycles. The van der Waals surface area contributed by atoms with Gasteiger partial charge in [0.15, 0.2) is 0 Å². The van der Waals surface area contributed by atoms with Gasteiger partial charge in [-0.1, -0.05) is 18.2 Å². The predicted octanol–water partition coefficient (Wildman–Crippen LogP) is 1.60. The Labute approximate surface area is 88.8 Å². The van der Waals surface area contributed by atoms with Gasteiger partial charge in [0.1, 0.15) is 11.6 Å². The van der Waals surface area contributed by atoms with Crippen LogP contribution in [0.1, 0.15) is 24.6 Å². The molecule has 2 aromatic rings. The molecule has 0 saturated heterocycles. The molecule has 0 aliphatic rings. The SMILES string of the molecule is Cc1nc(C(C)N)n(-c2ccccc2)n1.